The molecule has 1 heterocycles. The van der Waals surface area contributed by atoms with Gasteiger partial charge in [-0.3, -0.25) is 4.79 Å². The van der Waals surface area contributed by atoms with Crippen molar-refractivity contribution in [2.24, 2.45) is 0 Å². The molecule has 2 N–H and O–H groups in total. The van der Waals surface area contributed by atoms with Crippen LogP contribution in [0, 0.1) is 0 Å². The lowest BCUT2D eigenvalue weighted by Gasteiger charge is -2.11. The smallest absolute Gasteiger partial charge is 0.387 e. The summed E-state index contributed by atoms with van der Waals surface area (Å²) in [4.78, 5) is 20.8. The fraction of sp³-hybridized carbons (Fsp3) is 0.120. The SMILES string of the molecule is COc1ccc(/C=C(/C(=O)NCc2ccccc2)c2nc3ccccc3[nH]2)cc1OC(F)F. The summed E-state index contributed by atoms with van der Waals surface area (Å²) >= 11 is 0. The van der Waals surface area contributed by atoms with Crippen molar-refractivity contribution < 1.29 is 23.0 Å². The number of aromatic amines is 1. The van der Waals surface area contributed by atoms with Crippen molar-refractivity contribution in [3.63, 3.8) is 0 Å². The van der Waals surface area contributed by atoms with E-state index in [1.54, 1.807) is 12.1 Å². The molecular formula is C25H21F2N3O3. The number of H-pyrrole nitrogens is 1. The molecule has 4 aromatic rings. The molecular weight excluding hydrogens is 428 g/mol. The van der Waals surface area contributed by atoms with E-state index in [9.17, 15) is 13.6 Å². The number of hydrogen-bond donors (Lipinski definition) is 2. The van der Waals surface area contributed by atoms with E-state index in [0.717, 1.165) is 11.1 Å². The molecule has 0 fully saturated rings. The third kappa shape index (κ3) is 5.35. The van der Waals surface area contributed by atoms with Crippen LogP contribution >= 0.6 is 0 Å². The lowest BCUT2D eigenvalue weighted by molar-refractivity contribution is -0.115. The van der Waals surface area contributed by atoms with Gasteiger partial charge in [-0.05, 0) is 41.5 Å². The summed E-state index contributed by atoms with van der Waals surface area (Å²) in [7, 11) is 1.36. The average Bonchev–Trinajstić information content (AvgIpc) is 3.25. The first kappa shape index (κ1) is 22.0. The van der Waals surface area contributed by atoms with Crippen molar-refractivity contribution in [2.45, 2.75) is 13.2 Å². The minimum Gasteiger partial charge on any atom is -0.493 e. The highest BCUT2D eigenvalue weighted by Gasteiger charge is 2.18. The number of fused-ring (bicyclic) bond motifs is 1. The zero-order valence-electron chi connectivity index (χ0n) is 17.7. The number of benzene rings is 3. The molecule has 33 heavy (non-hydrogen) atoms. The molecule has 8 heteroatoms. The maximum absolute atomic E-state index is 13.2. The first-order valence-electron chi connectivity index (χ1n) is 10.2. The van der Waals surface area contributed by atoms with Crippen LogP contribution in [-0.4, -0.2) is 29.6 Å². The molecule has 1 aromatic heterocycles. The molecule has 0 bridgehead atoms. The van der Waals surface area contributed by atoms with Gasteiger partial charge in [0.15, 0.2) is 11.5 Å². The molecule has 0 aliphatic carbocycles. The molecule has 0 saturated heterocycles. The van der Waals surface area contributed by atoms with E-state index in [2.05, 4.69) is 20.0 Å². The Morgan fingerprint density at radius 3 is 2.55 bits per heavy atom. The third-order valence-corrected chi connectivity index (χ3v) is 4.90. The highest BCUT2D eigenvalue weighted by Crippen LogP contribution is 2.31. The number of carbonyl (C=O) groups is 1. The normalized spacial score (nSPS) is 11.6. The van der Waals surface area contributed by atoms with Gasteiger partial charge in [0.25, 0.3) is 5.91 Å². The number of hydrogen-bond acceptors (Lipinski definition) is 4. The number of nitrogens with one attached hydrogen (secondary N) is 2. The van der Waals surface area contributed by atoms with Gasteiger partial charge in [-0.15, -0.1) is 0 Å². The Kier molecular flexibility index (Phi) is 6.64. The van der Waals surface area contributed by atoms with Gasteiger partial charge in [0.2, 0.25) is 0 Å². The number of methoxy groups -OCH3 is 1. The van der Waals surface area contributed by atoms with Crippen molar-refractivity contribution >= 4 is 28.6 Å². The second-order valence-electron chi connectivity index (χ2n) is 7.12. The minimum absolute atomic E-state index is 0.130. The fourth-order valence-corrected chi connectivity index (χ4v) is 3.33. The molecule has 0 aliphatic heterocycles. The molecule has 3 aromatic carbocycles. The quantitative estimate of drug-likeness (QED) is 0.370. The summed E-state index contributed by atoms with van der Waals surface area (Å²) in [5, 5.41) is 2.89. The molecule has 0 spiro atoms. The van der Waals surface area contributed by atoms with E-state index in [0.29, 0.717) is 23.4 Å². The largest absolute Gasteiger partial charge is 0.493 e. The molecule has 0 aliphatic rings. The van der Waals surface area contributed by atoms with E-state index in [-0.39, 0.29) is 23.0 Å². The van der Waals surface area contributed by atoms with E-state index < -0.39 is 6.61 Å². The molecule has 168 valence electrons. The Morgan fingerprint density at radius 1 is 1.06 bits per heavy atom. The number of para-hydroxylation sites is 2. The minimum atomic E-state index is -3.01. The van der Waals surface area contributed by atoms with Gasteiger partial charge >= 0.3 is 6.61 Å². The van der Waals surface area contributed by atoms with Crippen LogP contribution in [0.4, 0.5) is 8.78 Å². The Bertz CT molecular complexity index is 1250. The Morgan fingerprint density at radius 2 is 1.82 bits per heavy atom. The predicted molar refractivity (Wildman–Crippen MR) is 122 cm³/mol. The lowest BCUT2D eigenvalue weighted by Crippen LogP contribution is -2.24. The Balaban J connectivity index is 1.71. The Labute approximate surface area is 188 Å². The number of ether oxygens (including phenoxy) is 2. The van der Waals surface area contributed by atoms with Crippen LogP contribution < -0.4 is 14.8 Å². The van der Waals surface area contributed by atoms with Gasteiger partial charge in [-0.2, -0.15) is 8.78 Å². The zero-order valence-corrected chi connectivity index (χ0v) is 17.7. The van der Waals surface area contributed by atoms with Crippen LogP contribution in [0.25, 0.3) is 22.7 Å². The fourth-order valence-electron chi connectivity index (χ4n) is 3.33. The number of imidazole rings is 1. The molecule has 0 atom stereocenters. The maximum Gasteiger partial charge on any atom is 0.387 e. The number of halogens is 2. The van der Waals surface area contributed by atoms with E-state index in [4.69, 9.17) is 4.74 Å². The van der Waals surface area contributed by atoms with E-state index in [1.165, 1.54) is 19.2 Å². The van der Waals surface area contributed by atoms with Crippen molar-refractivity contribution in [3.8, 4) is 11.5 Å². The second-order valence-corrected chi connectivity index (χ2v) is 7.12. The molecule has 0 unspecified atom stereocenters. The maximum atomic E-state index is 13.2. The van der Waals surface area contributed by atoms with Crippen molar-refractivity contribution in [3.05, 3.63) is 89.7 Å². The van der Waals surface area contributed by atoms with Gasteiger partial charge in [-0.25, -0.2) is 4.98 Å². The lowest BCUT2D eigenvalue weighted by atomic mass is 10.1. The molecule has 4 rings (SSSR count). The average molecular weight is 449 g/mol. The van der Waals surface area contributed by atoms with E-state index in [1.807, 2.05) is 54.6 Å². The molecule has 1 amide bonds. The number of aromatic nitrogens is 2. The standard InChI is InChI=1S/C25H21F2N3O3/c1-32-21-12-11-17(14-22(21)33-25(26)27)13-18(23-29-19-9-5-6-10-20(19)30-23)24(31)28-15-16-7-3-2-4-8-16/h2-14,25H,15H2,1H3,(H,28,31)(H,29,30)/b18-13+. The summed E-state index contributed by atoms with van der Waals surface area (Å²) in [6.45, 7) is -2.69. The summed E-state index contributed by atoms with van der Waals surface area (Å²) in [5.41, 5.74) is 3.12. The summed E-state index contributed by atoms with van der Waals surface area (Å²) in [5.74, 6) is 0.0140. The number of amides is 1. The highest BCUT2D eigenvalue weighted by atomic mass is 19.3. The third-order valence-electron chi connectivity index (χ3n) is 4.90. The highest BCUT2D eigenvalue weighted by molar-refractivity contribution is 6.23. The predicted octanol–water partition coefficient (Wildman–Crippen LogP) is 5.03. The monoisotopic (exact) mass is 449 g/mol. The van der Waals surface area contributed by atoms with Gasteiger partial charge in [-0.1, -0.05) is 48.5 Å². The Hall–Kier alpha value is -4.20. The number of carbonyl (C=O) groups excluding carboxylic acids is 1. The second kappa shape index (κ2) is 9.95. The molecule has 0 saturated carbocycles. The summed E-state index contributed by atoms with van der Waals surface area (Å²) < 4.78 is 35.3. The zero-order chi connectivity index (χ0) is 23.2. The number of alkyl halides is 2. The van der Waals surface area contributed by atoms with Crippen LogP contribution in [0.2, 0.25) is 0 Å². The van der Waals surface area contributed by atoms with Gasteiger partial charge in [0.1, 0.15) is 5.82 Å². The van der Waals surface area contributed by atoms with Crippen molar-refractivity contribution in [2.75, 3.05) is 7.11 Å². The summed E-state index contributed by atoms with van der Waals surface area (Å²) in [6, 6.07) is 21.4. The van der Waals surface area contributed by atoms with Gasteiger partial charge in [0, 0.05) is 6.54 Å². The van der Waals surface area contributed by atoms with Crippen LogP contribution in [-0.2, 0) is 11.3 Å². The van der Waals surface area contributed by atoms with Crippen molar-refractivity contribution in [1.29, 1.82) is 0 Å². The molecule has 6 nitrogen and oxygen atoms in total. The van der Waals surface area contributed by atoms with Crippen LogP contribution in [0.1, 0.15) is 17.0 Å². The van der Waals surface area contributed by atoms with Gasteiger partial charge < -0.3 is 19.8 Å². The number of rotatable bonds is 8. The van der Waals surface area contributed by atoms with E-state index >= 15 is 0 Å². The summed E-state index contributed by atoms with van der Waals surface area (Å²) in [6.07, 6.45) is 1.57. The van der Waals surface area contributed by atoms with Crippen LogP contribution in [0.5, 0.6) is 11.5 Å². The molecule has 0 radical (unpaired) electrons. The first-order valence-corrected chi connectivity index (χ1v) is 10.2. The van der Waals surface area contributed by atoms with Crippen LogP contribution in [0.15, 0.2) is 72.8 Å². The number of nitrogens with zero attached hydrogens (tertiary/aromatic N) is 1. The van der Waals surface area contributed by atoms with Gasteiger partial charge in [0.05, 0.1) is 23.7 Å². The topological polar surface area (TPSA) is 76.2 Å². The van der Waals surface area contributed by atoms with Crippen LogP contribution in [0.3, 0.4) is 0 Å². The first-order chi connectivity index (χ1) is 16.0. The van der Waals surface area contributed by atoms with Crippen molar-refractivity contribution in [1.82, 2.24) is 15.3 Å².